The third kappa shape index (κ3) is 4.29. The Morgan fingerprint density at radius 2 is 1.74 bits per heavy atom. The maximum Gasteiger partial charge on any atom is 0.488 e. The second kappa shape index (κ2) is 8.91. The molecule has 35 heavy (non-hydrogen) atoms. The first kappa shape index (κ1) is 22.1. The van der Waals surface area contributed by atoms with Gasteiger partial charge >= 0.3 is 12.8 Å². The molecular formula is C25H17BN4O5. The van der Waals surface area contributed by atoms with Crippen LogP contribution in [0.15, 0.2) is 82.4 Å². The molecule has 9 nitrogen and oxygen atoms in total. The highest BCUT2D eigenvalue weighted by molar-refractivity contribution is 6.58. The molecule has 0 unspecified atom stereocenters. The first-order valence-electron chi connectivity index (χ1n) is 10.6. The van der Waals surface area contributed by atoms with E-state index in [0.29, 0.717) is 33.4 Å². The number of nitriles is 1. The van der Waals surface area contributed by atoms with Crippen LogP contribution in [0, 0.1) is 11.3 Å². The minimum Gasteiger partial charge on any atom is -0.489 e. The fraction of sp³-hybridized carbons (Fsp3) is 0.0400. The fourth-order valence-corrected chi connectivity index (χ4v) is 3.85. The zero-order valence-electron chi connectivity index (χ0n) is 18.2. The summed E-state index contributed by atoms with van der Waals surface area (Å²) >= 11 is 0. The molecule has 2 heterocycles. The number of H-pyrrole nitrogens is 1. The number of fused-ring (bicyclic) bond motifs is 2. The van der Waals surface area contributed by atoms with Gasteiger partial charge in [0, 0.05) is 5.69 Å². The first-order chi connectivity index (χ1) is 16.9. The van der Waals surface area contributed by atoms with Crippen molar-refractivity contribution in [2.24, 2.45) is 0 Å². The van der Waals surface area contributed by atoms with E-state index in [2.05, 4.69) is 16.0 Å². The molecule has 0 saturated heterocycles. The number of nitrogens with one attached hydrogen (secondary N) is 1. The van der Waals surface area contributed by atoms with Crippen molar-refractivity contribution in [3.8, 4) is 28.9 Å². The summed E-state index contributed by atoms with van der Waals surface area (Å²) in [5.41, 5.74) is 1.87. The van der Waals surface area contributed by atoms with Gasteiger partial charge in [0.25, 0.3) is 5.56 Å². The van der Waals surface area contributed by atoms with Crippen LogP contribution in [0.3, 0.4) is 0 Å². The van der Waals surface area contributed by atoms with E-state index in [9.17, 15) is 24.9 Å². The highest BCUT2D eigenvalue weighted by atomic mass is 16.5. The molecule has 0 radical (unpaired) electrons. The Morgan fingerprint density at radius 1 is 1.00 bits per heavy atom. The lowest BCUT2D eigenvalue weighted by Crippen LogP contribution is -2.29. The van der Waals surface area contributed by atoms with Gasteiger partial charge in [0.15, 0.2) is 5.82 Å². The Hall–Kier alpha value is -4.72. The molecule has 3 aromatic rings. The van der Waals surface area contributed by atoms with Gasteiger partial charge in [0.05, 0.1) is 22.7 Å². The number of aromatic amines is 1. The number of pyridine rings is 1. The lowest BCUT2D eigenvalue weighted by molar-refractivity contribution is 0.306. The fourth-order valence-electron chi connectivity index (χ4n) is 3.85. The molecule has 0 bridgehead atoms. The number of aromatic nitrogens is 3. The van der Waals surface area contributed by atoms with E-state index in [4.69, 9.17) is 4.74 Å². The van der Waals surface area contributed by atoms with E-state index in [-0.39, 0.29) is 18.0 Å². The highest BCUT2D eigenvalue weighted by Gasteiger charge is 2.18. The molecule has 170 valence electrons. The van der Waals surface area contributed by atoms with E-state index in [1.54, 1.807) is 77.4 Å². The monoisotopic (exact) mass is 464 g/mol. The van der Waals surface area contributed by atoms with Gasteiger partial charge < -0.3 is 14.8 Å². The standard InChI is InChI=1S/C25H17BN4O5/c27-13-16-1-4-17-12-21-23(28-25(32)29-24(21)31)30(22(17)11-16)19-7-9-20(10-8-19)35-14-15-2-5-18(6-3-15)26(33)34/h1-12,33-34H,14H2,(H,29,31,32). The Labute approximate surface area is 198 Å². The van der Waals surface area contributed by atoms with Crippen LogP contribution in [0.5, 0.6) is 5.75 Å². The van der Waals surface area contributed by atoms with Crippen molar-refractivity contribution in [2.45, 2.75) is 6.61 Å². The molecule has 0 saturated carbocycles. The van der Waals surface area contributed by atoms with E-state index in [1.165, 1.54) is 0 Å². The van der Waals surface area contributed by atoms with Crippen molar-refractivity contribution in [2.75, 3.05) is 0 Å². The third-order valence-corrected chi connectivity index (χ3v) is 5.60. The van der Waals surface area contributed by atoms with Gasteiger partial charge in [-0.05, 0) is 58.9 Å². The SMILES string of the molecule is N#Cc1ccc2cc3c(=O)[nH]c(=O)nc-3n(-c3ccc(OCc4ccc(B(O)O)cc4)cc3)c2c1. The molecule has 3 N–H and O–H groups in total. The predicted octanol–water partition coefficient (Wildman–Crippen LogP) is 1.31. The zero-order valence-corrected chi connectivity index (χ0v) is 18.2. The molecule has 0 aliphatic carbocycles. The second-order valence-electron chi connectivity index (χ2n) is 7.87. The lowest BCUT2D eigenvalue weighted by Gasteiger charge is -2.18. The molecule has 2 aliphatic heterocycles. The molecule has 0 amide bonds. The van der Waals surface area contributed by atoms with E-state index in [1.807, 2.05) is 0 Å². The number of rotatable bonds is 5. The van der Waals surface area contributed by atoms with Crippen LogP contribution in [-0.2, 0) is 6.61 Å². The van der Waals surface area contributed by atoms with Crippen LogP contribution in [0.1, 0.15) is 11.1 Å². The van der Waals surface area contributed by atoms with Crippen molar-refractivity contribution in [3.05, 3.63) is 105 Å². The molecule has 0 atom stereocenters. The van der Waals surface area contributed by atoms with Crippen LogP contribution in [0.25, 0.3) is 28.0 Å². The summed E-state index contributed by atoms with van der Waals surface area (Å²) in [6.45, 7) is 0.271. The normalized spacial score (nSPS) is 10.9. The quantitative estimate of drug-likeness (QED) is 0.263. The van der Waals surface area contributed by atoms with Crippen LogP contribution < -0.4 is 21.4 Å². The summed E-state index contributed by atoms with van der Waals surface area (Å²) < 4.78 is 7.51. The van der Waals surface area contributed by atoms with Crippen LogP contribution in [0.4, 0.5) is 0 Å². The van der Waals surface area contributed by atoms with Crippen molar-refractivity contribution in [1.82, 2.24) is 14.5 Å². The summed E-state index contributed by atoms with van der Waals surface area (Å²) in [6.07, 6.45) is 0. The first-order valence-corrected chi connectivity index (χ1v) is 10.6. The Balaban J connectivity index is 1.53. The smallest absolute Gasteiger partial charge is 0.488 e. The van der Waals surface area contributed by atoms with Crippen molar-refractivity contribution < 1.29 is 14.8 Å². The predicted molar refractivity (Wildman–Crippen MR) is 130 cm³/mol. The largest absolute Gasteiger partial charge is 0.489 e. The van der Waals surface area contributed by atoms with Crippen molar-refractivity contribution in [1.29, 1.82) is 5.26 Å². The molecule has 0 fully saturated rings. The molecule has 3 aromatic carbocycles. The molecule has 2 aliphatic rings. The second-order valence-corrected chi connectivity index (χ2v) is 7.87. The van der Waals surface area contributed by atoms with E-state index in [0.717, 1.165) is 5.56 Å². The molecule has 10 heteroatoms. The zero-order chi connectivity index (χ0) is 24.5. The van der Waals surface area contributed by atoms with Crippen molar-refractivity contribution in [3.63, 3.8) is 0 Å². The van der Waals surface area contributed by atoms with Gasteiger partial charge in [-0.3, -0.25) is 14.3 Å². The Kier molecular flexibility index (Phi) is 5.62. The third-order valence-electron chi connectivity index (χ3n) is 5.60. The van der Waals surface area contributed by atoms with Gasteiger partial charge in [0.2, 0.25) is 0 Å². The van der Waals surface area contributed by atoms with Crippen LogP contribution >= 0.6 is 0 Å². The minimum absolute atomic E-state index is 0.182. The average Bonchev–Trinajstić information content (AvgIpc) is 2.86. The average molecular weight is 464 g/mol. The van der Waals surface area contributed by atoms with Crippen molar-refractivity contribution >= 4 is 23.5 Å². The summed E-state index contributed by atoms with van der Waals surface area (Å²) in [5.74, 6) is 0.763. The molecule has 0 spiro atoms. The summed E-state index contributed by atoms with van der Waals surface area (Å²) in [4.78, 5) is 30.7. The summed E-state index contributed by atoms with van der Waals surface area (Å²) in [5, 5.41) is 28.5. The molecular weight excluding hydrogens is 447 g/mol. The maximum absolute atomic E-state index is 12.5. The van der Waals surface area contributed by atoms with Crippen LogP contribution in [-0.4, -0.2) is 31.7 Å². The topological polar surface area (TPSA) is 141 Å². The molecule has 5 rings (SSSR count). The van der Waals surface area contributed by atoms with Gasteiger partial charge in [-0.25, -0.2) is 4.79 Å². The minimum atomic E-state index is -1.52. The summed E-state index contributed by atoms with van der Waals surface area (Å²) in [6, 6.07) is 22.6. The highest BCUT2D eigenvalue weighted by Crippen LogP contribution is 2.29. The number of ether oxygens (including phenoxy) is 1. The number of benzene rings is 3. The number of hydrogen-bond donors (Lipinski definition) is 3. The molecule has 0 aromatic heterocycles. The maximum atomic E-state index is 12.5. The summed E-state index contributed by atoms with van der Waals surface area (Å²) in [7, 11) is -1.52. The lowest BCUT2D eigenvalue weighted by atomic mass is 9.80. The van der Waals surface area contributed by atoms with E-state index >= 15 is 0 Å². The number of nitrogens with zero attached hydrogens (tertiary/aromatic N) is 3. The van der Waals surface area contributed by atoms with Gasteiger partial charge in [-0.1, -0.05) is 30.3 Å². The van der Waals surface area contributed by atoms with Gasteiger partial charge in [-0.2, -0.15) is 10.2 Å². The Bertz CT molecular complexity index is 1670. The number of hydrogen-bond acceptors (Lipinski definition) is 7. The van der Waals surface area contributed by atoms with Crippen LogP contribution in [0.2, 0.25) is 0 Å². The van der Waals surface area contributed by atoms with E-state index < -0.39 is 18.4 Å². The van der Waals surface area contributed by atoms with Gasteiger partial charge in [0.1, 0.15) is 12.4 Å². The van der Waals surface area contributed by atoms with Gasteiger partial charge in [-0.15, -0.1) is 0 Å². The Morgan fingerprint density at radius 3 is 2.43 bits per heavy atom.